The third-order valence-corrected chi connectivity index (χ3v) is 3.75. The number of carboxylic acids is 1. The van der Waals surface area contributed by atoms with Gasteiger partial charge in [0.15, 0.2) is 6.10 Å². The Balaban J connectivity index is 1.97. The van der Waals surface area contributed by atoms with Crippen molar-refractivity contribution in [2.75, 3.05) is 0 Å². The van der Waals surface area contributed by atoms with Crippen molar-refractivity contribution < 1.29 is 19.4 Å². The molecule has 1 amide bonds. The summed E-state index contributed by atoms with van der Waals surface area (Å²) in [6.45, 7) is 1.53. The molecule has 2 unspecified atom stereocenters. The molecule has 2 N–H and O–H groups in total. The van der Waals surface area contributed by atoms with Crippen LogP contribution < -0.4 is 10.1 Å². The SMILES string of the molecule is CC(Oc1ccc(Cl)cc1Cl)C(=O)NC(C(=O)O)C1CC1. The number of hydrogen-bond acceptors (Lipinski definition) is 3. The van der Waals surface area contributed by atoms with Crippen LogP contribution in [0.15, 0.2) is 18.2 Å². The second kappa shape index (κ2) is 6.54. The minimum atomic E-state index is -1.03. The van der Waals surface area contributed by atoms with Crippen molar-refractivity contribution in [2.24, 2.45) is 5.92 Å². The minimum Gasteiger partial charge on any atom is -0.480 e. The standard InChI is InChI=1S/C14H15Cl2NO4/c1-7(21-11-5-4-9(15)6-10(11)16)13(18)17-12(14(19)20)8-2-3-8/h4-8,12H,2-3H2,1H3,(H,17,18)(H,19,20). The normalized spacial score (nSPS) is 16.9. The molecule has 0 aromatic heterocycles. The monoisotopic (exact) mass is 331 g/mol. The fourth-order valence-electron chi connectivity index (χ4n) is 1.90. The number of ether oxygens (including phenoxy) is 1. The zero-order valence-electron chi connectivity index (χ0n) is 11.3. The lowest BCUT2D eigenvalue weighted by atomic mass is 10.2. The fourth-order valence-corrected chi connectivity index (χ4v) is 2.35. The highest BCUT2D eigenvalue weighted by molar-refractivity contribution is 6.35. The van der Waals surface area contributed by atoms with Crippen LogP contribution in [0, 0.1) is 5.92 Å². The van der Waals surface area contributed by atoms with Crippen LogP contribution in [0.4, 0.5) is 0 Å². The molecule has 2 rings (SSSR count). The summed E-state index contributed by atoms with van der Waals surface area (Å²) < 4.78 is 5.45. The summed E-state index contributed by atoms with van der Waals surface area (Å²) in [6.07, 6.45) is 0.773. The molecule has 2 atom stereocenters. The maximum Gasteiger partial charge on any atom is 0.326 e. The summed E-state index contributed by atoms with van der Waals surface area (Å²) in [4.78, 5) is 23.1. The van der Waals surface area contributed by atoms with Gasteiger partial charge in [-0.2, -0.15) is 0 Å². The molecule has 0 saturated heterocycles. The maximum absolute atomic E-state index is 12.0. The van der Waals surface area contributed by atoms with Crippen molar-refractivity contribution in [1.82, 2.24) is 5.32 Å². The number of halogens is 2. The van der Waals surface area contributed by atoms with Crippen LogP contribution in [0.1, 0.15) is 19.8 Å². The fraction of sp³-hybridized carbons (Fsp3) is 0.429. The van der Waals surface area contributed by atoms with Crippen LogP contribution in [0.3, 0.4) is 0 Å². The molecule has 7 heteroatoms. The average molecular weight is 332 g/mol. The quantitative estimate of drug-likeness (QED) is 0.840. The third kappa shape index (κ3) is 4.25. The van der Waals surface area contributed by atoms with E-state index in [0.717, 1.165) is 12.8 Å². The van der Waals surface area contributed by atoms with E-state index in [4.69, 9.17) is 33.0 Å². The molecular formula is C14H15Cl2NO4. The van der Waals surface area contributed by atoms with Crippen molar-refractivity contribution >= 4 is 35.1 Å². The van der Waals surface area contributed by atoms with Crippen molar-refractivity contribution in [3.05, 3.63) is 28.2 Å². The molecule has 5 nitrogen and oxygen atoms in total. The number of rotatable bonds is 6. The molecule has 0 aliphatic heterocycles. The van der Waals surface area contributed by atoms with Crippen LogP contribution in [0.25, 0.3) is 0 Å². The molecule has 0 heterocycles. The molecule has 1 saturated carbocycles. The molecule has 0 bridgehead atoms. The highest BCUT2D eigenvalue weighted by atomic mass is 35.5. The molecule has 1 aliphatic carbocycles. The van der Waals surface area contributed by atoms with Gasteiger partial charge in [-0.25, -0.2) is 4.79 Å². The van der Waals surface area contributed by atoms with Gasteiger partial charge < -0.3 is 15.2 Å². The van der Waals surface area contributed by atoms with Crippen molar-refractivity contribution in [2.45, 2.75) is 31.9 Å². The lowest BCUT2D eigenvalue weighted by molar-refractivity contribution is -0.143. The summed E-state index contributed by atoms with van der Waals surface area (Å²) >= 11 is 11.7. The number of carboxylic acid groups (broad SMARTS) is 1. The van der Waals surface area contributed by atoms with Crippen molar-refractivity contribution in [3.8, 4) is 5.75 Å². The van der Waals surface area contributed by atoms with Gasteiger partial charge in [0.2, 0.25) is 0 Å². The summed E-state index contributed by atoms with van der Waals surface area (Å²) in [5.41, 5.74) is 0. The Kier molecular flexibility index (Phi) is 4.96. The van der Waals surface area contributed by atoms with Gasteiger partial charge in [0.1, 0.15) is 11.8 Å². The topological polar surface area (TPSA) is 75.6 Å². The van der Waals surface area contributed by atoms with E-state index in [9.17, 15) is 9.59 Å². The van der Waals surface area contributed by atoms with E-state index in [1.807, 2.05) is 0 Å². The second-order valence-corrected chi connectivity index (χ2v) is 5.84. The van der Waals surface area contributed by atoms with Crippen LogP contribution in [0.2, 0.25) is 10.0 Å². The highest BCUT2D eigenvalue weighted by Gasteiger charge is 2.38. The molecular weight excluding hydrogens is 317 g/mol. The third-order valence-electron chi connectivity index (χ3n) is 3.22. The Bertz CT molecular complexity index is 560. The van der Waals surface area contributed by atoms with Crippen LogP contribution in [0.5, 0.6) is 5.75 Å². The van der Waals surface area contributed by atoms with E-state index in [1.165, 1.54) is 13.0 Å². The van der Waals surface area contributed by atoms with Gasteiger partial charge in [0.05, 0.1) is 5.02 Å². The number of carbonyl (C=O) groups excluding carboxylic acids is 1. The molecule has 1 fully saturated rings. The van der Waals surface area contributed by atoms with Crippen molar-refractivity contribution in [1.29, 1.82) is 0 Å². The zero-order chi connectivity index (χ0) is 15.6. The van der Waals surface area contributed by atoms with Crippen LogP contribution in [-0.2, 0) is 9.59 Å². The Morgan fingerprint density at radius 3 is 2.57 bits per heavy atom. The summed E-state index contributed by atoms with van der Waals surface area (Å²) in [5.74, 6) is -1.18. The smallest absolute Gasteiger partial charge is 0.326 e. The first-order valence-electron chi connectivity index (χ1n) is 6.53. The molecule has 1 aliphatic rings. The number of benzene rings is 1. The number of amides is 1. The van der Waals surface area contributed by atoms with Crippen LogP contribution in [-0.4, -0.2) is 29.1 Å². The Morgan fingerprint density at radius 2 is 2.05 bits per heavy atom. The predicted octanol–water partition coefficient (Wildman–Crippen LogP) is 2.74. The van der Waals surface area contributed by atoms with Crippen molar-refractivity contribution in [3.63, 3.8) is 0 Å². The second-order valence-electron chi connectivity index (χ2n) is 5.00. The Morgan fingerprint density at radius 1 is 1.38 bits per heavy atom. The number of nitrogens with one attached hydrogen (secondary N) is 1. The van der Waals surface area contributed by atoms with Gasteiger partial charge >= 0.3 is 5.97 Å². The van der Waals surface area contributed by atoms with Gasteiger partial charge in [-0.15, -0.1) is 0 Å². The predicted molar refractivity (Wildman–Crippen MR) is 78.8 cm³/mol. The summed E-state index contributed by atoms with van der Waals surface area (Å²) in [5, 5.41) is 12.3. The van der Waals surface area contributed by atoms with E-state index >= 15 is 0 Å². The summed E-state index contributed by atoms with van der Waals surface area (Å²) in [6, 6.07) is 3.80. The molecule has 0 radical (unpaired) electrons. The van der Waals surface area contributed by atoms with E-state index in [-0.39, 0.29) is 5.92 Å². The summed E-state index contributed by atoms with van der Waals surface area (Å²) in [7, 11) is 0. The Hall–Kier alpha value is -1.46. The molecule has 21 heavy (non-hydrogen) atoms. The van der Waals surface area contributed by atoms with Crippen LogP contribution >= 0.6 is 23.2 Å². The molecule has 1 aromatic carbocycles. The zero-order valence-corrected chi connectivity index (χ0v) is 12.8. The minimum absolute atomic E-state index is 0.0118. The first kappa shape index (κ1) is 15.9. The first-order chi connectivity index (χ1) is 9.88. The lowest BCUT2D eigenvalue weighted by Crippen LogP contribution is -2.47. The van der Waals surface area contributed by atoms with E-state index in [2.05, 4.69) is 5.32 Å². The van der Waals surface area contributed by atoms with Gasteiger partial charge in [-0.3, -0.25) is 4.79 Å². The van der Waals surface area contributed by atoms with Gasteiger partial charge in [0.25, 0.3) is 5.91 Å². The first-order valence-corrected chi connectivity index (χ1v) is 7.29. The highest BCUT2D eigenvalue weighted by Crippen LogP contribution is 2.33. The molecule has 0 spiro atoms. The van der Waals surface area contributed by atoms with E-state index in [1.54, 1.807) is 12.1 Å². The largest absolute Gasteiger partial charge is 0.480 e. The Labute approximate surface area is 132 Å². The molecule has 1 aromatic rings. The average Bonchev–Trinajstić information content (AvgIpc) is 3.22. The van der Waals surface area contributed by atoms with Gasteiger partial charge in [-0.1, -0.05) is 23.2 Å². The number of hydrogen-bond donors (Lipinski definition) is 2. The number of carbonyl (C=O) groups is 2. The number of aliphatic carboxylic acids is 1. The van der Waals surface area contributed by atoms with Gasteiger partial charge in [0, 0.05) is 5.02 Å². The lowest BCUT2D eigenvalue weighted by Gasteiger charge is -2.19. The van der Waals surface area contributed by atoms with E-state index in [0.29, 0.717) is 15.8 Å². The molecule has 114 valence electrons. The maximum atomic E-state index is 12.0. The van der Waals surface area contributed by atoms with Gasteiger partial charge in [-0.05, 0) is 43.9 Å². The van der Waals surface area contributed by atoms with E-state index < -0.39 is 24.0 Å².